The van der Waals surface area contributed by atoms with Crippen LogP contribution in [0.1, 0.15) is 78.1 Å². The van der Waals surface area contributed by atoms with Crippen molar-refractivity contribution in [3.05, 3.63) is 30.3 Å². The number of para-hydroxylation sites is 1. The molecular formula is C21H34O3. The van der Waals surface area contributed by atoms with Gasteiger partial charge in [-0.1, -0.05) is 76.5 Å². The third-order valence-corrected chi connectivity index (χ3v) is 4.04. The van der Waals surface area contributed by atoms with Crippen molar-refractivity contribution in [1.82, 2.24) is 0 Å². The van der Waals surface area contributed by atoms with E-state index in [0.717, 1.165) is 18.6 Å². The Morgan fingerprint density at radius 1 is 0.917 bits per heavy atom. The van der Waals surface area contributed by atoms with Crippen molar-refractivity contribution < 1.29 is 14.3 Å². The Labute approximate surface area is 147 Å². The van der Waals surface area contributed by atoms with Crippen molar-refractivity contribution in [2.75, 3.05) is 6.61 Å². The van der Waals surface area contributed by atoms with E-state index in [1.807, 2.05) is 37.3 Å². The van der Waals surface area contributed by atoms with Crippen molar-refractivity contribution in [2.45, 2.75) is 84.2 Å². The maximum absolute atomic E-state index is 11.7. The normalized spacial score (nSPS) is 11.9. The fraction of sp³-hybridized carbons (Fsp3) is 0.667. The predicted octanol–water partition coefficient (Wildman–Crippen LogP) is 5.92. The summed E-state index contributed by atoms with van der Waals surface area (Å²) in [6.45, 7) is 4.47. The first-order valence-electron chi connectivity index (χ1n) is 9.59. The van der Waals surface area contributed by atoms with Crippen LogP contribution in [0.15, 0.2) is 30.3 Å². The van der Waals surface area contributed by atoms with Crippen molar-refractivity contribution >= 4 is 5.97 Å². The highest BCUT2D eigenvalue weighted by atomic mass is 16.6. The Morgan fingerprint density at radius 2 is 1.50 bits per heavy atom. The van der Waals surface area contributed by atoms with E-state index in [-0.39, 0.29) is 12.1 Å². The monoisotopic (exact) mass is 334 g/mol. The molecule has 0 saturated heterocycles. The summed E-state index contributed by atoms with van der Waals surface area (Å²) in [5, 5.41) is 0. The van der Waals surface area contributed by atoms with Crippen LogP contribution in [-0.2, 0) is 9.53 Å². The van der Waals surface area contributed by atoms with E-state index in [1.165, 1.54) is 44.9 Å². The van der Waals surface area contributed by atoms with Crippen molar-refractivity contribution in [2.24, 2.45) is 0 Å². The van der Waals surface area contributed by atoms with Gasteiger partial charge in [-0.25, -0.2) is 0 Å². The Kier molecular flexibility index (Phi) is 11.9. The zero-order chi connectivity index (χ0) is 17.5. The van der Waals surface area contributed by atoms with E-state index in [0.29, 0.717) is 13.0 Å². The molecule has 1 atom stereocenters. The average molecular weight is 334 g/mol. The molecule has 0 aliphatic carbocycles. The number of hydrogen-bond acceptors (Lipinski definition) is 3. The van der Waals surface area contributed by atoms with Crippen LogP contribution in [0.2, 0.25) is 0 Å². The van der Waals surface area contributed by atoms with Gasteiger partial charge in [-0.15, -0.1) is 0 Å². The number of carbonyl (C=O) groups is 1. The van der Waals surface area contributed by atoms with Gasteiger partial charge in [0.1, 0.15) is 18.5 Å². The summed E-state index contributed by atoms with van der Waals surface area (Å²) in [5.41, 5.74) is 0. The minimum Gasteiger partial charge on any atom is -0.487 e. The first-order valence-corrected chi connectivity index (χ1v) is 9.59. The molecule has 0 heterocycles. The van der Waals surface area contributed by atoms with Gasteiger partial charge in [0.25, 0.3) is 0 Å². The lowest BCUT2D eigenvalue weighted by atomic mass is 10.1. The SMILES string of the molecule is CCCCCCCCCCCC(=O)OC[C@H](C)Oc1ccccc1. The number of unbranched alkanes of at least 4 members (excludes halogenated alkanes) is 8. The van der Waals surface area contributed by atoms with E-state index in [9.17, 15) is 4.79 Å². The molecule has 0 aromatic heterocycles. The first-order chi connectivity index (χ1) is 11.7. The maximum Gasteiger partial charge on any atom is 0.305 e. The zero-order valence-electron chi connectivity index (χ0n) is 15.5. The molecule has 0 radical (unpaired) electrons. The summed E-state index contributed by atoms with van der Waals surface area (Å²) in [4.78, 5) is 11.7. The largest absolute Gasteiger partial charge is 0.487 e. The third kappa shape index (κ3) is 11.1. The van der Waals surface area contributed by atoms with Crippen LogP contribution < -0.4 is 4.74 Å². The molecule has 136 valence electrons. The second kappa shape index (κ2) is 13.9. The highest BCUT2D eigenvalue weighted by Crippen LogP contribution is 2.12. The minimum absolute atomic E-state index is 0.110. The molecule has 0 aliphatic rings. The number of esters is 1. The number of hydrogen-bond donors (Lipinski definition) is 0. The molecule has 3 nitrogen and oxygen atoms in total. The molecule has 3 heteroatoms. The van der Waals surface area contributed by atoms with Gasteiger partial charge in [-0.05, 0) is 25.5 Å². The molecule has 0 N–H and O–H groups in total. The Balaban J connectivity index is 1.94. The summed E-state index contributed by atoms with van der Waals surface area (Å²) < 4.78 is 11.0. The van der Waals surface area contributed by atoms with Crippen LogP contribution in [-0.4, -0.2) is 18.7 Å². The summed E-state index contributed by atoms with van der Waals surface area (Å²) in [7, 11) is 0. The molecule has 0 amide bonds. The average Bonchev–Trinajstić information content (AvgIpc) is 2.59. The van der Waals surface area contributed by atoms with Gasteiger partial charge in [0.05, 0.1) is 0 Å². The Morgan fingerprint density at radius 3 is 2.12 bits per heavy atom. The van der Waals surface area contributed by atoms with E-state index < -0.39 is 0 Å². The predicted molar refractivity (Wildman–Crippen MR) is 99.3 cm³/mol. The standard InChI is InChI=1S/C21H34O3/c1-3-4-5-6-7-8-9-10-14-17-21(22)23-18-19(2)24-20-15-12-11-13-16-20/h11-13,15-16,19H,3-10,14,17-18H2,1-2H3/t19-/m0/s1. The van der Waals surface area contributed by atoms with Crippen LogP contribution in [0.4, 0.5) is 0 Å². The summed E-state index contributed by atoms with van der Waals surface area (Å²) >= 11 is 0. The zero-order valence-corrected chi connectivity index (χ0v) is 15.5. The topological polar surface area (TPSA) is 35.5 Å². The van der Waals surface area contributed by atoms with Crippen LogP contribution in [0, 0.1) is 0 Å². The quantitative estimate of drug-likeness (QED) is 0.313. The maximum atomic E-state index is 11.7. The Bertz CT molecular complexity index is 416. The minimum atomic E-state index is -0.125. The smallest absolute Gasteiger partial charge is 0.305 e. The lowest BCUT2D eigenvalue weighted by Gasteiger charge is -2.14. The van der Waals surface area contributed by atoms with Crippen LogP contribution in [0.3, 0.4) is 0 Å². The molecule has 0 saturated carbocycles. The van der Waals surface area contributed by atoms with E-state index in [1.54, 1.807) is 0 Å². The van der Waals surface area contributed by atoms with Gasteiger partial charge in [0.15, 0.2) is 0 Å². The molecule has 0 fully saturated rings. The fourth-order valence-corrected chi connectivity index (χ4v) is 2.63. The van der Waals surface area contributed by atoms with Gasteiger partial charge in [-0.3, -0.25) is 4.79 Å². The number of benzene rings is 1. The molecule has 1 aromatic rings. The lowest BCUT2D eigenvalue weighted by molar-refractivity contribution is -0.146. The van der Waals surface area contributed by atoms with E-state index >= 15 is 0 Å². The molecule has 1 aromatic carbocycles. The molecular weight excluding hydrogens is 300 g/mol. The lowest BCUT2D eigenvalue weighted by Crippen LogP contribution is -2.21. The highest BCUT2D eigenvalue weighted by Gasteiger charge is 2.08. The van der Waals surface area contributed by atoms with Crippen LogP contribution >= 0.6 is 0 Å². The van der Waals surface area contributed by atoms with E-state index in [2.05, 4.69) is 6.92 Å². The van der Waals surface area contributed by atoms with Gasteiger partial charge >= 0.3 is 5.97 Å². The highest BCUT2D eigenvalue weighted by molar-refractivity contribution is 5.69. The van der Waals surface area contributed by atoms with Crippen molar-refractivity contribution in [3.63, 3.8) is 0 Å². The van der Waals surface area contributed by atoms with Gasteiger partial charge in [0, 0.05) is 6.42 Å². The first kappa shape index (κ1) is 20.5. The number of rotatable bonds is 14. The summed E-state index contributed by atoms with van der Waals surface area (Å²) in [6.07, 6.45) is 11.7. The fourth-order valence-electron chi connectivity index (χ4n) is 2.63. The van der Waals surface area contributed by atoms with Crippen molar-refractivity contribution in [3.8, 4) is 5.75 Å². The van der Waals surface area contributed by atoms with Gasteiger partial charge in [-0.2, -0.15) is 0 Å². The van der Waals surface area contributed by atoms with Gasteiger partial charge in [0.2, 0.25) is 0 Å². The molecule has 0 aliphatic heterocycles. The molecule has 1 rings (SSSR count). The molecule has 0 spiro atoms. The molecule has 24 heavy (non-hydrogen) atoms. The third-order valence-electron chi connectivity index (χ3n) is 4.04. The second-order valence-corrected chi connectivity index (χ2v) is 6.50. The van der Waals surface area contributed by atoms with Crippen LogP contribution in [0.5, 0.6) is 5.75 Å². The van der Waals surface area contributed by atoms with Crippen LogP contribution in [0.25, 0.3) is 0 Å². The van der Waals surface area contributed by atoms with E-state index in [4.69, 9.17) is 9.47 Å². The molecule has 0 unspecified atom stereocenters. The summed E-state index contributed by atoms with van der Waals surface area (Å²) in [6, 6.07) is 9.61. The summed E-state index contributed by atoms with van der Waals surface area (Å²) in [5.74, 6) is 0.696. The molecule has 0 bridgehead atoms. The second-order valence-electron chi connectivity index (χ2n) is 6.50. The number of ether oxygens (including phenoxy) is 2. The Hall–Kier alpha value is -1.51. The number of carbonyl (C=O) groups excluding carboxylic acids is 1. The van der Waals surface area contributed by atoms with Gasteiger partial charge < -0.3 is 9.47 Å². The van der Waals surface area contributed by atoms with Crippen molar-refractivity contribution in [1.29, 1.82) is 0 Å².